The fourth-order valence-corrected chi connectivity index (χ4v) is 4.11. The van der Waals surface area contributed by atoms with Crippen LogP contribution in [0.15, 0.2) is 47.4 Å². The van der Waals surface area contributed by atoms with E-state index in [4.69, 9.17) is 0 Å². The fourth-order valence-electron chi connectivity index (χ4n) is 3.04. The van der Waals surface area contributed by atoms with Crippen molar-refractivity contribution < 1.29 is 12.8 Å². The number of benzene rings is 2. The summed E-state index contributed by atoms with van der Waals surface area (Å²) in [7, 11) is -3.81. The third kappa shape index (κ3) is 4.55. The number of hydrogen-bond donors (Lipinski definition) is 2. The number of hydrogen-bond acceptors (Lipinski definition) is 3. The highest BCUT2D eigenvalue weighted by atomic mass is 35.5. The molecular weight excluding hydrogens is 375 g/mol. The summed E-state index contributed by atoms with van der Waals surface area (Å²) in [6.07, 6.45) is 0.965. The van der Waals surface area contributed by atoms with Crippen LogP contribution >= 0.6 is 12.4 Å². The van der Waals surface area contributed by atoms with E-state index < -0.39 is 15.8 Å². The standard InChI is InChI=1S/C19H23FN2O2S.ClH/c1-13(2)14-3-6-17(7-4-14)25(23,24)22-19-8-5-15(11-18(19)20)16-9-10-21-12-16;/h3-8,11,13,16,21-22H,9-10,12H2,1-2H3;1H. The summed E-state index contributed by atoms with van der Waals surface area (Å²) in [4.78, 5) is 0.125. The molecule has 0 radical (unpaired) electrons. The largest absolute Gasteiger partial charge is 0.316 e. The zero-order valence-electron chi connectivity index (χ0n) is 14.8. The Balaban J connectivity index is 0.00000243. The van der Waals surface area contributed by atoms with E-state index in [9.17, 15) is 12.8 Å². The zero-order chi connectivity index (χ0) is 18.0. The van der Waals surface area contributed by atoms with Crippen molar-refractivity contribution in [1.29, 1.82) is 0 Å². The number of nitrogens with one attached hydrogen (secondary N) is 2. The molecule has 1 heterocycles. The molecule has 3 rings (SSSR count). The number of rotatable bonds is 5. The van der Waals surface area contributed by atoms with E-state index in [2.05, 4.69) is 10.0 Å². The third-order valence-corrected chi connectivity index (χ3v) is 6.01. The lowest BCUT2D eigenvalue weighted by atomic mass is 9.98. The second-order valence-electron chi connectivity index (χ2n) is 6.76. The van der Waals surface area contributed by atoms with Crippen molar-refractivity contribution in [3.05, 3.63) is 59.4 Å². The Morgan fingerprint density at radius 1 is 1.15 bits per heavy atom. The van der Waals surface area contributed by atoms with Crippen LogP contribution < -0.4 is 10.0 Å². The van der Waals surface area contributed by atoms with Gasteiger partial charge in [-0.05, 0) is 60.2 Å². The first-order valence-corrected chi connectivity index (χ1v) is 9.98. The normalized spacial score (nSPS) is 17.2. The van der Waals surface area contributed by atoms with Gasteiger partial charge in [-0.3, -0.25) is 4.72 Å². The maximum absolute atomic E-state index is 14.4. The SMILES string of the molecule is CC(C)c1ccc(S(=O)(=O)Nc2ccc(C3CCNC3)cc2F)cc1.Cl. The zero-order valence-corrected chi connectivity index (χ0v) is 16.5. The van der Waals surface area contributed by atoms with E-state index in [1.54, 1.807) is 30.3 Å². The van der Waals surface area contributed by atoms with Gasteiger partial charge in [-0.2, -0.15) is 0 Å². The Hall–Kier alpha value is -1.63. The van der Waals surface area contributed by atoms with E-state index in [1.807, 2.05) is 13.8 Å². The van der Waals surface area contributed by atoms with Crippen molar-refractivity contribution in [1.82, 2.24) is 5.32 Å². The smallest absolute Gasteiger partial charge is 0.261 e. The predicted molar refractivity (Wildman–Crippen MR) is 105 cm³/mol. The van der Waals surface area contributed by atoms with Crippen LogP contribution in [0.4, 0.5) is 10.1 Å². The highest BCUT2D eigenvalue weighted by Crippen LogP contribution is 2.27. The molecule has 0 aliphatic carbocycles. The second kappa shape index (κ2) is 8.37. The van der Waals surface area contributed by atoms with Gasteiger partial charge in [0.05, 0.1) is 10.6 Å². The summed E-state index contributed by atoms with van der Waals surface area (Å²) in [6.45, 7) is 5.83. The Bertz CT molecular complexity index is 848. The van der Waals surface area contributed by atoms with Crippen LogP contribution in [0.3, 0.4) is 0 Å². The first-order chi connectivity index (χ1) is 11.9. The monoisotopic (exact) mass is 398 g/mol. The molecule has 1 fully saturated rings. The third-order valence-electron chi connectivity index (χ3n) is 4.63. The van der Waals surface area contributed by atoms with Gasteiger partial charge in [0.1, 0.15) is 5.82 Å². The summed E-state index contributed by atoms with van der Waals surface area (Å²) in [6, 6.07) is 11.4. The summed E-state index contributed by atoms with van der Waals surface area (Å²) >= 11 is 0. The Labute approximate surface area is 160 Å². The van der Waals surface area contributed by atoms with Gasteiger partial charge in [-0.1, -0.05) is 32.0 Å². The van der Waals surface area contributed by atoms with E-state index >= 15 is 0 Å². The molecule has 2 aromatic carbocycles. The average Bonchev–Trinajstić information content (AvgIpc) is 3.11. The maximum Gasteiger partial charge on any atom is 0.261 e. The van der Waals surface area contributed by atoms with Gasteiger partial charge in [-0.25, -0.2) is 12.8 Å². The Kier molecular flexibility index (Phi) is 6.66. The van der Waals surface area contributed by atoms with Gasteiger partial charge in [0.25, 0.3) is 10.0 Å². The number of sulfonamides is 1. The molecule has 4 nitrogen and oxygen atoms in total. The van der Waals surface area contributed by atoms with E-state index in [0.717, 1.165) is 30.6 Å². The Morgan fingerprint density at radius 3 is 2.38 bits per heavy atom. The van der Waals surface area contributed by atoms with Crippen LogP contribution in [0, 0.1) is 5.82 Å². The van der Waals surface area contributed by atoms with Crippen molar-refractivity contribution in [2.45, 2.75) is 37.0 Å². The molecule has 0 amide bonds. The molecule has 142 valence electrons. The summed E-state index contributed by atoms with van der Waals surface area (Å²) in [5, 5.41) is 3.24. The van der Waals surface area contributed by atoms with Crippen LogP contribution in [0.1, 0.15) is 43.2 Å². The van der Waals surface area contributed by atoms with Crippen molar-refractivity contribution in [3.63, 3.8) is 0 Å². The first kappa shape index (κ1) is 20.7. The predicted octanol–water partition coefficient (Wildman–Crippen LogP) is 4.25. The molecule has 2 aromatic rings. The molecule has 1 aliphatic heterocycles. The van der Waals surface area contributed by atoms with Crippen molar-refractivity contribution in [2.24, 2.45) is 0 Å². The van der Waals surface area contributed by atoms with Crippen LogP contribution in [0.25, 0.3) is 0 Å². The lowest BCUT2D eigenvalue weighted by Gasteiger charge is -2.13. The van der Waals surface area contributed by atoms with E-state index in [0.29, 0.717) is 5.92 Å². The quantitative estimate of drug-likeness (QED) is 0.791. The van der Waals surface area contributed by atoms with Gasteiger partial charge < -0.3 is 5.32 Å². The minimum atomic E-state index is -3.81. The molecule has 0 bridgehead atoms. The van der Waals surface area contributed by atoms with Crippen LogP contribution in [0.2, 0.25) is 0 Å². The van der Waals surface area contributed by atoms with Crippen LogP contribution in [-0.4, -0.2) is 21.5 Å². The molecule has 1 unspecified atom stereocenters. The molecule has 1 aliphatic rings. The van der Waals surface area contributed by atoms with E-state index in [1.165, 1.54) is 12.1 Å². The molecule has 1 atom stereocenters. The molecule has 1 saturated heterocycles. The molecule has 7 heteroatoms. The maximum atomic E-state index is 14.4. The fraction of sp³-hybridized carbons (Fsp3) is 0.368. The second-order valence-corrected chi connectivity index (χ2v) is 8.44. The van der Waals surface area contributed by atoms with Crippen molar-refractivity contribution >= 4 is 28.1 Å². The van der Waals surface area contributed by atoms with Gasteiger partial charge in [-0.15, -0.1) is 12.4 Å². The minimum absolute atomic E-state index is 0. The molecular formula is C19H24ClFN2O2S. The van der Waals surface area contributed by atoms with E-state index in [-0.39, 0.29) is 28.9 Å². The van der Waals surface area contributed by atoms with Crippen LogP contribution in [-0.2, 0) is 10.0 Å². The number of anilines is 1. The van der Waals surface area contributed by atoms with Gasteiger partial charge in [0, 0.05) is 6.54 Å². The molecule has 2 N–H and O–H groups in total. The van der Waals surface area contributed by atoms with Crippen molar-refractivity contribution in [3.8, 4) is 0 Å². The summed E-state index contributed by atoms with van der Waals surface area (Å²) in [5.74, 6) is 0.0512. The molecule has 0 saturated carbocycles. The average molecular weight is 399 g/mol. The molecule has 0 spiro atoms. The summed E-state index contributed by atoms with van der Waals surface area (Å²) in [5.41, 5.74) is 1.93. The molecule has 26 heavy (non-hydrogen) atoms. The van der Waals surface area contributed by atoms with Crippen molar-refractivity contribution in [2.75, 3.05) is 17.8 Å². The number of halogens is 2. The highest BCUT2D eigenvalue weighted by molar-refractivity contribution is 7.92. The topological polar surface area (TPSA) is 58.2 Å². The molecule has 0 aromatic heterocycles. The minimum Gasteiger partial charge on any atom is -0.316 e. The van der Waals surface area contributed by atoms with Gasteiger partial charge >= 0.3 is 0 Å². The van der Waals surface area contributed by atoms with Gasteiger partial charge in [0.2, 0.25) is 0 Å². The van der Waals surface area contributed by atoms with Crippen LogP contribution in [0.5, 0.6) is 0 Å². The van der Waals surface area contributed by atoms with Gasteiger partial charge in [0.15, 0.2) is 0 Å². The lowest BCUT2D eigenvalue weighted by Crippen LogP contribution is -2.14. The summed E-state index contributed by atoms with van der Waals surface area (Å²) < 4.78 is 41.7. The highest BCUT2D eigenvalue weighted by Gasteiger charge is 2.20. The Morgan fingerprint density at radius 2 is 1.85 bits per heavy atom. The lowest BCUT2D eigenvalue weighted by molar-refractivity contribution is 0.598. The first-order valence-electron chi connectivity index (χ1n) is 8.50.